The van der Waals surface area contributed by atoms with E-state index in [1.807, 2.05) is 0 Å². The van der Waals surface area contributed by atoms with Crippen LogP contribution in [0.1, 0.15) is 0 Å². The highest BCUT2D eigenvalue weighted by molar-refractivity contribution is 5.87. The van der Waals surface area contributed by atoms with Crippen LogP contribution in [0.3, 0.4) is 0 Å². The second-order valence-electron chi connectivity index (χ2n) is 2.67. The van der Waals surface area contributed by atoms with E-state index >= 15 is 0 Å². The number of rotatable bonds is 1. The number of aromatic nitrogens is 2. The molecule has 0 atom stereocenters. The second kappa shape index (κ2) is 2.81. The molecule has 0 aliphatic heterocycles. The van der Waals surface area contributed by atoms with Crippen molar-refractivity contribution in [3.8, 4) is 0 Å². The van der Waals surface area contributed by atoms with Gasteiger partial charge in [-0.05, 0) is 6.07 Å². The van der Waals surface area contributed by atoms with E-state index in [-0.39, 0.29) is 11.4 Å². The van der Waals surface area contributed by atoms with Crippen LogP contribution in [0.2, 0.25) is 0 Å². The van der Waals surface area contributed by atoms with Gasteiger partial charge in [0.05, 0.1) is 23.2 Å². The van der Waals surface area contributed by atoms with E-state index in [9.17, 15) is 10.1 Å². The molecule has 0 amide bonds. The number of aromatic amines is 1. The van der Waals surface area contributed by atoms with Gasteiger partial charge in [0.2, 0.25) is 0 Å². The van der Waals surface area contributed by atoms with Crippen LogP contribution in [0.4, 0.5) is 11.4 Å². The highest BCUT2D eigenvalue weighted by atomic mass is 16.6. The Morgan fingerprint density at radius 3 is 3.00 bits per heavy atom. The van der Waals surface area contributed by atoms with Gasteiger partial charge in [-0.2, -0.15) is 5.10 Å². The third-order valence-corrected chi connectivity index (χ3v) is 1.85. The van der Waals surface area contributed by atoms with Crippen LogP contribution in [0.25, 0.3) is 15.7 Å². The second-order valence-corrected chi connectivity index (χ2v) is 2.67. The molecule has 6 nitrogen and oxygen atoms in total. The minimum absolute atomic E-state index is 0.0314. The standard InChI is InChI=1S/C8H4N4O2/c1-9-7-2-5-4-10-11-6(5)3-8(7)12(13)14/h2-4H,(H,10,11). The summed E-state index contributed by atoms with van der Waals surface area (Å²) in [6.45, 7) is 6.80. The van der Waals surface area contributed by atoms with Crippen LogP contribution in [0, 0.1) is 16.7 Å². The first kappa shape index (κ1) is 8.19. The molecule has 1 N–H and O–H groups in total. The number of nitrogens with one attached hydrogen (secondary N) is 1. The zero-order chi connectivity index (χ0) is 10.1. The quantitative estimate of drug-likeness (QED) is 0.422. The van der Waals surface area contributed by atoms with Gasteiger partial charge in [0.1, 0.15) is 0 Å². The molecule has 0 spiro atoms. The highest BCUT2D eigenvalue weighted by Gasteiger charge is 2.15. The lowest BCUT2D eigenvalue weighted by atomic mass is 10.2. The number of hydrogen-bond acceptors (Lipinski definition) is 3. The largest absolute Gasteiger partial charge is 0.281 e. The van der Waals surface area contributed by atoms with E-state index in [2.05, 4.69) is 15.0 Å². The molecule has 1 aromatic heterocycles. The van der Waals surface area contributed by atoms with E-state index < -0.39 is 4.92 Å². The van der Waals surface area contributed by atoms with Crippen LogP contribution in [0.15, 0.2) is 18.3 Å². The molecule has 68 valence electrons. The SMILES string of the molecule is [C-]#[N+]c1cc2cn[nH]c2cc1[N+](=O)[O-]. The number of nitro benzene ring substituents is 1. The van der Waals surface area contributed by atoms with Gasteiger partial charge >= 0.3 is 0 Å². The molecule has 2 rings (SSSR count). The Bertz CT molecular complexity index is 552. The number of hydrogen-bond donors (Lipinski definition) is 1. The summed E-state index contributed by atoms with van der Waals surface area (Å²) in [5, 5.41) is 17.6. The van der Waals surface area contributed by atoms with Crippen molar-refractivity contribution in [3.05, 3.63) is 39.9 Å². The summed E-state index contributed by atoms with van der Waals surface area (Å²) in [6, 6.07) is 2.76. The third-order valence-electron chi connectivity index (χ3n) is 1.85. The predicted octanol–water partition coefficient (Wildman–Crippen LogP) is 2.02. The van der Waals surface area contributed by atoms with Gasteiger partial charge in [-0.15, -0.1) is 0 Å². The van der Waals surface area contributed by atoms with Crippen LogP contribution >= 0.6 is 0 Å². The lowest BCUT2D eigenvalue weighted by molar-refractivity contribution is -0.383. The van der Waals surface area contributed by atoms with E-state index in [1.165, 1.54) is 18.3 Å². The smallest absolute Gasteiger partial charge is 0.278 e. The summed E-state index contributed by atoms with van der Waals surface area (Å²) in [5.74, 6) is 0. The monoisotopic (exact) mass is 188 g/mol. The molecule has 14 heavy (non-hydrogen) atoms. The van der Waals surface area contributed by atoms with E-state index in [0.717, 1.165) is 0 Å². The first-order valence-corrected chi connectivity index (χ1v) is 3.71. The van der Waals surface area contributed by atoms with Crippen molar-refractivity contribution in [1.29, 1.82) is 0 Å². The summed E-state index contributed by atoms with van der Waals surface area (Å²) in [4.78, 5) is 13.1. The number of benzene rings is 1. The third kappa shape index (κ3) is 1.08. The summed E-state index contributed by atoms with van der Waals surface area (Å²) in [5.41, 5.74) is 0.393. The van der Waals surface area contributed by atoms with Crippen LogP contribution < -0.4 is 0 Å². The summed E-state index contributed by atoms with van der Waals surface area (Å²) >= 11 is 0. The summed E-state index contributed by atoms with van der Waals surface area (Å²) in [6.07, 6.45) is 1.52. The number of nitrogens with zero attached hydrogens (tertiary/aromatic N) is 3. The van der Waals surface area contributed by atoms with Gasteiger partial charge in [-0.25, -0.2) is 4.85 Å². The molecule has 1 aromatic carbocycles. The molecule has 0 aliphatic carbocycles. The molecule has 0 unspecified atom stereocenters. The Labute approximate surface area is 78.1 Å². The number of fused-ring (bicyclic) bond motifs is 1. The van der Waals surface area contributed by atoms with Crippen molar-refractivity contribution in [2.24, 2.45) is 0 Å². The van der Waals surface area contributed by atoms with E-state index in [4.69, 9.17) is 6.57 Å². The van der Waals surface area contributed by atoms with Gasteiger partial charge in [-0.3, -0.25) is 15.2 Å². The maximum Gasteiger partial charge on any atom is 0.281 e. The Hall–Kier alpha value is -2.42. The Morgan fingerprint density at radius 2 is 2.36 bits per heavy atom. The van der Waals surface area contributed by atoms with Gasteiger partial charge in [0.15, 0.2) is 0 Å². The van der Waals surface area contributed by atoms with Gasteiger partial charge in [0, 0.05) is 11.5 Å². The maximum atomic E-state index is 10.6. The molecule has 0 saturated heterocycles. The van der Waals surface area contributed by atoms with Gasteiger partial charge in [0.25, 0.3) is 11.4 Å². The normalized spacial score (nSPS) is 9.93. The maximum absolute atomic E-state index is 10.6. The highest BCUT2D eigenvalue weighted by Crippen LogP contribution is 2.31. The molecule has 2 aromatic rings. The molecule has 1 heterocycles. The molecule has 6 heteroatoms. The fraction of sp³-hybridized carbons (Fsp3) is 0. The van der Waals surface area contributed by atoms with Crippen molar-refractivity contribution in [3.63, 3.8) is 0 Å². The van der Waals surface area contributed by atoms with Crippen LogP contribution in [-0.4, -0.2) is 15.1 Å². The van der Waals surface area contributed by atoms with Crippen molar-refractivity contribution >= 4 is 22.3 Å². The topological polar surface area (TPSA) is 76.2 Å². The lowest BCUT2D eigenvalue weighted by Gasteiger charge is -1.94. The Balaban J connectivity index is 2.81. The van der Waals surface area contributed by atoms with Crippen LogP contribution in [-0.2, 0) is 0 Å². The Morgan fingerprint density at radius 1 is 1.57 bits per heavy atom. The average molecular weight is 188 g/mol. The first-order valence-electron chi connectivity index (χ1n) is 3.71. The first-order chi connectivity index (χ1) is 6.72. The fourth-order valence-corrected chi connectivity index (χ4v) is 1.20. The van der Waals surface area contributed by atoms with Crippen molar-refractivity contribution in [2.75, 3.05) is 0 Å². The number of nitro groups is 1. The zero-order valence-corrected chi connectivity index (χ0v) is 6.89. The molecule has 0 aliphatic rings. The zero-order valence-electron chi connectivity index (χ0n) is 6.89. The molecule has 0 bridgehead atoms. The minimum Gasteiger partial charge on any atom is -0.278 e. The predicted molar refractivity (Wildman–Crippen MR) is 49.0 cm³/mol. The molecule has 0 fully saturated rings. The van der Waals surface area contributed by atoms with Crippen molar-refractivity contribution in [2.45, 2.75) is 0 Å². The fourth-order valence-electron chi connectivity index (χ4n) is 1.20. The van der Waals surface area contributed by atoms with Gasteiger partial charge < -0.3 is 0 Å². The molecular formula is C8H4N4O2. The van der Waals surface area contributed by atoms with E-state index in [1.54, 1.807) is 0 Å². The van der Waals surface area contributed by atoms with Crippen molar-refractivity contribution < 1.29 is 4.92 Å². The molecule has 0 saturated carbocycles. The average Bonchev–Trinajstić information content (AvgIpc) is 2.62. The summed E-state index contributed by atoms with van der Waals surface area (Å²) in [7, 11) is 0. The summed E-state index contributed by atoms with van der Waals surface area (Å²) < 4.78 is 0. The Kier molecular flexibility index (Phi) is 1.65. The minimum atomic E-state index is -0.576. The van der Waals surface area contributed by atoms with Gasteiger partial charge in [-0.1, -0.05) is 0 Å². The number of H-pyrrole nitrogens is 1. The van der Waals surface area contributed by atoms with Crippen molar-refractivity contribution in [1.82, 2.24) is 10.2 Å². The lowest BCUT2D eigenvalue weighted by Crippen LogP contribution is -1.87. The van der Waals surface area contributed by atoms with E-state index in [0.29, 0.717) is 10.9 Å². The molecular weight excluding hydrogens is 184 g/mol. The van der Waals surface area contributed by atoms with Crippen LogP contribution in [0.5, 0.6) is 0 Å². The molecule has 0 radical (unpaired) electrons.